The van der Waals surface area contributed by atoms with Gasteiger partial charge in [-0.3, -0.25) is 4.79 Å². The third-order valence-corrected chi connectivity index (χ3v) is 7.70. The van der Waals surface area contributed by atoms with Gasteiger partial charge in [0.15, 0.2) is 0 Å². The lowest BCUT2D eigenvalue weighted by atomic mass is 9.97. The number of rotatable bonds is 8. The van der Waals surface area contributed by atoms with Gasteiger partial charge in [-0.25, -0.2) is 4.79 Å². The normalized spacial score (nSPS) is 22.1. The van der Waals surface area contributed by atoms with E-state index in [4.69, 9.17) is 9.47 Å². The zero-order valence-electron chi connectivity index (χ0n) is 21.7. The maximum Gasteiger partial charge on any atom is 0.320 e. The molecule has 8 heteroatoms. The van der Waals surface area contributed by atoms with Gasteiger partial charge in [0, 0.05) is 50.0 Å². The van der Waals surface area contributed by atoms with E-state index >= 15 is 0 Å². The molecule has 0 bridgehead atoms. The topological polar surface area (TPSA) is 87.8 Å². The van der Waals surface area contributed by atoms with Crippen LogP contribution in [0.3, 0.4) is 0 Å². The summed E-state index contributed by atoms with van der Waals surface area (Å²) in [6.45, 7) is 6.35. The van der Waals surface area contributed by atoms with Crippen LogP contribution in [0.4, 0.5) is 4.79 Å². The molecule has 194 valence electrons. The Bertz CT molecular complexity index is 1120. The van der Waals surface area contributed by atoms with Gasteiger partial charge < -0.3 is 23.8 Å². The number of amides is 2. The molecule has 3 heterocycles. The highest BCUT2D eigenvalue weighted by Crippen LogP contribution is 2.30. The van der Waals surface area contributed by atoms with Gasteiger partial charge >= 0.3 is 12.0 Å². The lowest BCUT2D eigenvalue weighted by Crippen LogP contribution is -2.52. The molecule has 0 aliphatic carbocycles. The Balaban J connectivity index is 1.48. The predicted molar refractivity (Wildman–Crippen MR) is 138 cm³/mol. The first-order valence-electron chi connectivity index (χ1n) is 13.3. The smallest absolute Gasteiger partial charge is 0.320 e. The Labute approximate surface area is 213 Å². The molecule has 0 N–H and O–H groups in total. The van der Waals surface area contributed by atoms with Gasteiger partial charge in [-0.15, -0.1) is 0 Å². The van der Waals surface area contributed by atoms with Crippen molar-refractivity contribution in [2.24, 2.45) is 0 Å². The fourth-order valence-electron chi connectivity index (χ4n) is 5.88. The van der Waals surface area contributed by atoms with Crippen molar-refractivity contribution in [2.45, 2.75) is 83.5 Å². The van der Waals surface area contributed by atoms with Crippen LogP contribution in [0, 0.1) is 11.3 Å². The number of urea groups is 1. The highest BCUT2D eigenvalue weighted by atomic mass is 16.5. The summed E-state index contributed by atoms with van der Waals surface area (Å²) in [6.07, 6.45) is 5.65. The van der Waals surface area contributed by atoms with E-state index in [0.717, 1.165) is 56.1 Å². The van der Waals surface area contributed by atoms with Gasteiger partial charge in [0.25, 0.3) is 0 Å². The summed E-state index contributed by atoms with van der Waals surface area (Å²) in [5.41, 5.74) is 3.00. The van der Waals surface area contributed by atoms with Crippen molar-refractivity contribution in [3.05, 3.63) is 35.5 Å². The summed E-state index contributed by atoms with van der Waals surface area (Å²) < 4.78 is 13.0. The molecule has 0 spiro atoms. The summed E-state index contributed by atoms with van der Waals surface area (Å²) in [5.74, 6) is -0.265. The Hall–Kier alpha value is -3.05. The molecule has 0 radical (unpaired) electrons. The molecule has 0 unspecified atom stereocenters. The molecule has 2 aliphatic rings. The lowest BCUT2D eigenvalue weighted by molar-refractivity contribution is -0.144. The van der Waals surface area contributed by atoms with Crippen molar-refractivity contribution in [3.8, 4) is 6.07 Å². The number of ether oxygens (including phenoxy) is 2. The minimum absolute atomic E-state index is 0.0169. The average molecular weight is 495 g/mol. The molecular weight excluding hydrogens is 456 g/mol. The number of carbonyl (C=O) groups is 2. The third kappa shape index (κ3) is 5.52. The largest absolute Gasteiger partial charge is 0.466 e. The van der Waals surface area contributed by atoms with E-state index in [1.54, 1.807) is 14.0 Å². The van der Waals surface area contributed by atoms with Crippen LogP contribution in [0.5, 0.6) is 0 Å². The maximum atomic E-state index is 13.8. The number of esters is 1. The van der Waals surface area contributed by atoms with Gasteiger partial charge in [-0.1, -0.05) is 6.07 Å². The zero-order valence-corrected chi connectivity index (χ0v) is 21.7. The number of carbonyl (C=O) groups excluding carboxylic acids is 2. The van der Waals surface area contributed by atoms with E-state index in [-0.39, 0.29) is 36.6 Å². The van der Waals surface area contributed by atoms with E-state index in [1.807, 2.05) is 28.0 Å². The third-order valence-electron chi connectivity index (χ3n) is 7.70. The van der Waals surface area contributed by atoms with Crippen LogP contribution in [-0.2, 0) is 27.2 Å². The number of benzene rings is 1. The van der Waals surface area contributed by atoms with Crippen LogP contribution >= 0.6 is 0 Å². The number of nitriles is 1. The maximum absolute atomic E-state index is 13.8. The Morgan fingerprint density at radius 3 is 2.69 bits per heavy atom. The fourth-order valence-corrected chi connectivity index (χ4v) is 5.88. The molecular formula is C28H38N4O4. The molecule has 2 saturated heterocycles. The first-order valence-corrected chi connectivity index (χ1v) is 13.3. The predicted octanol–water partition coefficient (Wildman–Crippen LogP) is 4.48. The van der Waals surface area contributed by atoms with Crippen molar-refractivity contribution in [1.29, 1.82) is 5.26 Å². The van der Waals surface area contributed by atoms with Crippen molar-refractivity contribution in [3.63, 3.8) is 0 Å². The SMILES string of the molecule is CCOC(=O)C[C@H]1C[C@@H](OC)CN1C(=O)N1CCCC[C@H]1CCc1cc2ccc(C#N)cc2n1CC. The highest BCUT2D eigenvalue weighted by molar-refractivity contribution is 5.83. The number of piperidine rings is 1. The van der Waals surface area contributed by atoms with Crippen LogP contribution in [0.2, 0.25) is 0 Å². The van der Waals surface area contributed by atoms with Crippen molar-refractivity contribution < 1.29 is 19.1 Å². The second-order valence-corrected chi connectivity index (χ2v) is 9.84. The number of hydrogen-bond acceptors (Lipinski definition) is 5. The molecule has 1 aromatic heterocycles. The van der Waals surface area contributed by atoms with Crippen LogP contribution in [0.1, 0.15) is 63.6 Å². The molecule has 36 heavy (non-hydrogen) atoms. The molecule has 1 aromatic carbocycles. The summed E-state index contributed by atoms with van der Waals surface area (Å²) in [4.78, 5) is 29.9. The average Bonchev–Trinajstić information content (AvgIpc) is 3.47. The monoisotopic (exact) mass is 494 g/mol. The van der Waals surface area contributed by atoms with Crippen LogP contribution in [-0.4, -0.2) is 71.4 Å². The molecule has 2 aliphatic heterocycles. The number of hydrogen-bond donors (Lipinski definition) is 0. The molecule has 2 aromatic rings. The number of aryl methyl sites for hydroxylation is 2. The molecule has 4 rings (SSSR count). The first-order chi connectivity index (χ1) is 17.5. The van der Waals surface area contributed by atoms with Crippen LogP contribution in [0.25, 0.3) is 10.9 Å². The summed E-state index contributed by atoms with van der Waals surface area (Å²) in [6, 6.07) is 10.3. The molecule has 2 fully saturated rings. The zero-order chi connectivity index (χ0) is 25.7. The Morgan fingerprint density at radius 2 is 1.97 bits per heavy atom. The number of nitrogens with zero attached hydrogens (tertiary/aromatic N) is 4. The molecule has 0 saturated carbocycles. The highest BCUT2D eigenvalue weighted by Gasteiger charge is 2.40. The quantitative estimate of drug-likeness (QED) is 0.505. The molecule has 3 atom stereocenters. The molecule has 2 amide bonds. The summed E-state index contributed by atoms with van der Waals surface area (Å²) in [7, 11) is 1.66. The number of likely N-dealkylation sites (tertiary alicyclic amines) is 2. The van der Waals surface area contributed by atoms with E-state index in [9.17, 15) is 14.9 Å². The van der Waals surface area contributed by atoms with E-state index in [1.165, 1.54) is 5.69 Å². The number of aromatic nitrogens is 1. The Kier molecular flexibility index (Phi) is 8.52. The first kappa shape index (κ1) is 26.0. The van der Waals surface area contributed by atoms with Crippen molar-refractivity contribution in [1.82, 2.24) is 14.4 Å². The number of fused-ring (bicyclic) bond motifs is 1. The standard InChI is InChI=1S/C28H38N4O4/c1-4-30-23(15-21-10-9-20(18-29)14-26(21)30)12-11-22-8-6-7-13-31(22)28(34)32-19-25(35-3)16-24(32)17-27(33)36-5-2/h9-10,14-15,22,24-25H,4-8,11-13,16-17,19H2,1-3H3/t22-,24+,25+/m0/s1. The number of methoxy groups -OCH3 is 1. The second kappa shape index (κ2) is 11.8. The van der Waals surface area contributed by atoms with Gasteiger partial charge in [-0.2, -0.15) is 5.26 Å². The van der Waals surface area contributed by atoms with Crippen LogP contribution in [0.15, 0.2) is 24.3 Å². The minimum Gasteiger partial charge on any atom is -0.466 e. The minimum atomic E-state index is -0.265. The van der Waals surface area contributed by atoms with Crippen molar-refractivity contribution >= 4 is 22.9 Å². The second-order valence-electron chi connectivity index (χ2n) is 9.84. The van der Waals surface area contributed by atoms with E-state index < -0.39 is 0 Å². The fraction of sp³-hybridized carbons (Fsp3) is 0.607. The summed E-state index contributed by atoms with van der Waals surface area (Å²) in [5, 5.41) is 10.4. The van der Waals surface area contributed by atoms with Crippen molar-refractivity contribution in [2.75, 3.05) is 26.8 Å². The lowest BCUT2D eigenvalue weighted by Gasteiger charge is -2.39. The van der Waals surface area contributed by atoms with Gasteiger partial charge in [0.1, 0.15) is 0 Å². The van der Waals surface area contributed by atoms with E-state index in [2.05, 4.69) is 23.6 Å². The Morgan fingerprint density at radius 1 is 1.14 bits per heavy atom. The van der Waals surface area contributed by atoms with Gasteiger partial charge in [-0.05, 0) is 76.0 Å². The van der Waals surface area contributed by atoms with Gasteiger partial charge in [0.05, 0.1) is 30.8 Å². The molecule has 8 nitrogen and oxygen atoms in total. The summed E-state index contributed by atoms with van der Waals surface area (Å²) >= 11 is 0. The van der Waals surface area contributed by atoms with Gasteiger partial charge in [0.2, 0.25) is 0 Å². The van der Waals surface area contributed by atoms with E-state index in [0.29, 0.717) is 25.1 Å². The van der Waals surface area contributed by atoms with Crippen LogP contribution < -0.4 is 0 Å².